The lowest BCUT2D eigenvalue weighted by Crippen LogP contribution is -2.36. The van der Waals surface area contributed by atoms with Gasteiger partial charge in [-0.3, -0.25) is 9.78 Å². The standard InChI is InChI=1S/C12H17N3O/c1-3-10-5-4-6-15(8-10)12-13-9(2)7-11(16)14-12/h3,7,10H,1,4-6,8H2,2H3,(H,13,14,16). The maximum Gasteiger partial charge on any atom is 0.252 e. The highest BCUT2D eigenvalue weighted by atomic mass is 16.1. The number of aromatic amines is 1. The molecule has 2 rings (SSSR count). The van der Waals surface area contributed by atoms with Gasteiger partial charge in [-0.1, -0.05) is 6.08 Å². The van der Waals surface area contributed by atoms with Gasteiger partial charge >= 0.3 is 0 Å². The third-order valence-electron chi connectivity index (χ3n) is 2.95. The molecule has 1 N–H and O–H groups in total. The van der Waals surface area contributed by atoms with Crippen molar-refractivity contribution in [1.82, 2.24) is 9.97 Å². The highest BCUT2D eigenvalue weighted by molar-refractivity contribution is 5.31. The van der Waals surface area contributed by atoms with Crippen molar-refractivity contribution in [2.45, 2.75) is 19.8 Å². The largest absolute Gasteiger partial charge is 0.342 e. The summed E-state index contributed by atoms with van der Waals surface area (Å²) in [7, 11) is 0. The van der Waals surface area contributed by atoms with Crippen molar-refractivity contribution in [2.75, 3.05) is 18.0 Å². The molecule has 0 saturated carbocycles. The van der Waals surface area contributed by atoms with E-state index < -0.39 is 0 Å². The zero-order chi connectivity index (χ0) is 11.5. The van der Waals surface area contributed by atoms with E-state index in [0.29, 0.717) is 11.9 Å². The molecule has 1 aromatic rings. The molecular weight excluding hydrogens is 202 g/mol. The van der Waals surface area contributed by atoms with Gasteiger partial charge < -0.3 is 4.90 Å². The van der Waals surface area contributed by atoms with Crippen LogP contribution in [0.25, 0.3) is 0 Å². The van der Waals surface area contributed by atoms with Crippen molar-refractivity contribution in [3.8, 4) is 0 Å². The van der Waals surface area contributed by atoms with Gasteiger partial charge in [0.25, 0.3) is 5.56 Å². The normalized spacial score (nSPS) is 20.8. The van der Waals surface area contributed by atoms with Gasteiger partial charge in [-0.05, 0) is 25.7 Å². The molecule has 0 amide bonds. The molecule has 1 unspecified atom stereocenters. The zero-order valence-electron chi connectivity index (χ0n) is 9.57. The minimum absolute atomic E-state index is 0.0803. The van der Waals surface area contributed by atoms with Crippen LogP contribution in [0.1, 0.15) is 18.5 Å². The summed E-state index contributed by atoms with van der Waals surface area (Å²) >= 11 is 0. The van der Waals surface area contributed by atoms with Gasteiger partial charge in [0, 0.05) is 24.8 Å². The molecule has 0 aliphatic carbocycles. The number of hydrogen-bond acceptors (Lipinski definition) is 3. The van der Waals surface area contributed by atoms with Crippen LogP contribution in [0.2, 0.25) is 0 Å². The van der Waals surface area contributed by atoms with Gasteiger partial charge in [0.1, 0.15) is 0 Å². The van der Waals surface area contributed by atoms with E-state index >= 15 is 0 Å². The van der Waals surface area contributed by atoms with Crippen LogP contribution in [0.4, 0.5) is 5.95 Å². The van der Waals surface area contributed by atoms with Crippen molar-refractivity contribution < 1.29 is 0 Å². The summed E-state index contributed by atoms with van der Waals surface area (Å²) in [6, 6.07) is 1.51. The Hall–Kier alpha value is -1.58. The number of rotatable bonds is 2. The predicted molar refractivity (Wildman–Crippen MR) is 64.7 cm³/mol. The quantitative estimate of drug-likeness (QED) is 0.766. The number of nitrogens with zero attached hydrogens (tertiary/aromatic N) is 2. The molecule has 1 fully saturated rings. The number of piperidine rings is 1. The number of aryl methyl sites for hydroxylation is 1. The first kappa shape index (κ1) is 10.9. The predicted octanol–water partition coefficient (Wildman–Crippen LogP) is 1.48. The first-order valence-electron chi connectivity index (χ1n) is 5.64. The van der Waals surface area contributed by atoms with Crippen molar-refractivity contribution in [3.05, 3.63) is 34.8 Å². The lowest BCUT2D eigenvalue weighted by atomic mass is 9.99. The minimum Gasteiger partial charge on any atom is -0.342 e. The van der Waals surface area contributed by atoms with Crippen LogP contribution in [0.5, 0.6) is 0 Å². The minimum atomic E-state index is -0.0803. The van der Waals surface area contributed by atoms with Crippen LogP contribution in [-0.2, 0) is 0 Å². The number of hydrogen-bond donors (Lipinski definition) is 1. The van der Waals surface area contributed by atoms with Crippen LogP contribution < -0.4 is 10.5 Å². The average molecular weight is 219 g/mol. The first-order chi connectivity index (χ1) is 7.69. The van der Waals surface area contributed by atoms with E-state index in [1.165, 1.54) is 12.5 Å². The number of nitrogens with one attached hydrogen (secondary N) is 1. The monoisotopic (exact) mass is 219 g/mol. The van der Waals surface area contributed by atoms with E-state index in [4.69, 9.17) is 0 Å². The van der Waals surface area contributed by atoms with Gasteiger partial charge in [0.2, 0.25) is 5.95 Å². The average Bonchev–Trinajstić information content (AvgIpc) is 2.28. The van der Waals surface area contributed by atoms with Crippen LogP contribution in [0, 0.1) is 12.8 Å². The van der Waals surface area contributed by atoms with Gasteiger partial charge in [0.15, 0.2) is 0 Å². The second kappa shape index (κ2) is 4.51. The van der Waals surface area contributed by atoms with Gasteiger partial charge in [-0.15, -0.1) is 6.58 Å². The Morgan fingerprint density at radius 1 is 1.69 bits per heavy atom. The second-order valence-corrected chi connectivity index (χ2v) is 4.29. The molecular formula is C12H17N3O. The highest BCUT2D eigenvalue weighted by Crippen LogP contribution is 2.20. The Labute approximate surface area is 95.0 Å². The smallest absolute Gasteiger partial charge is 0.252 e. The van der Waals surface area contributed by atoms with Crippen molar-refractivity contribution in [3.63, 3.8) is 0 Å². The molecule has 86 valence electrons. The maximum absolute atomic E-state index is 11.4. The molecule has 1 atom stereocenters. The molecule has 1 aliphatic heterocycles. The zero-order valence-corrected chi connectivity index (χ0v) is 9.57. The highest BCUT2D eigenvalue weighted by Gasteiger charge is 2.19. The number of aromatic nitrogens is 2. The Bertz CT molecular complexity index is 438. The Morgan fingerprint density at radius 2 is 2.50 bits per heavy atom. The Morgan fingerprint density at radius 3 is 3.19 bits per heavy atom. The Balaban J connectivity index is 2.22. The molecule has 0 spiro atoms. The third kappa shape index (κ3) is 2.32. The summed E-state index contributed by atoms with van der Waals surface area (Å²) in [6.07, 6.45) is 4.28. The van der Waals surface area contributed by atoms with Crippen LogP contribution in [-0.4, -0.2) is 23.1 Å². The van der Waals surface area contributed by atoms with Crippen LogP contribution in [0.3, 0.4) is 0 Å². The van der Waals surface area contributed by atoms with E-state index in [1.807, 2.05) is 13.0 Å². The van der Waals surface area contributed by atoms with Crippen LogP contribution in [0.15, 0.2) is 23.5 Å². The summed E-state index contributed by atoms with van der Waals surface area (Å²) < 4.78 is 0. The molecule has 16 heavy (non-hydrogen) atoms. The number of anilines is 1. The molecule has 0 aromatic carbocycles. The summed E-state index contributed by atoms with van der Waals surface area (Å²) in [5.74, 6) is 1.19. The maximum atomic E-state index is 11.4. The van der Waals surface area contributed by atoms with E-state index in [1.54, 1.807) is 0 Å². The lowest BCUT2D eigenvalue weighted by molar-refractivity contribution is 0.479. The summed E-state index contributed by atoms with van der Waals surface area (Å²) in [5, 5.41) is 0. The SMILES string of the molecule is C=CC1CCCN(c2nc(C)cc(=O)[nH]2)C1. The Kier molecular flexibility index (Phi) is 3.08. The fourth-order valence-corrected chi connectivity index (χ4v) is 2.11. The van der Waals surface area contributed by atoms with E-state index in [0.717, 1.165) is 25.2 Å². The van der Waals surface area contributed by atoms with Gasteiger partial charge in [-0.25, -0.2) is 4.98 Å². The third-order valence-corrected chi connectivity index (χ3v) is 2.95. The fraction of sp³-hybridized carbons (Fsp3) is 0.500. The molecule has 4 nitrogen and oxygen atoms in total. The second-order valence-electron chi connectivity index (χ2n) is 4.29. The van der Waals surface area contributed by atoms with E-state index in [9.17, 15) is 4.79 Å². The number of H-pyrrole nitrogens is 1. The molecule has 0 radical (unpaired) electrons. The van der Waals surface area contributed by atoms with Gasteiger partial charge in [-0.2, -0.15) is 0 Å². The molecule has 4 heteroatoms. The first-order valence-corrected chi connectivity index (χ1v) is 5.64. The molecule has 1 aromatic heterocycles. The van der Waals surface area contributed by atoms with Crippen molar-refractivity contribution in [1.29, 1.82) is 0 Å². The fourth-order valence-electron chi connectivity index (χ4n) is 2.11. The molecule has 1 aliphatic rings. The molecule has 0 bridgehead atoms. The topological polar surface area (TPSA) is 49.0 Å². The van der Waals surface area contributed by atoms with Crippen molar-refractivity contribution in [2.24, 2.45) is 5.92 Å². The molecule has 1 saturated heterocycles. The lowest BCUT2D eigenvalue weighted by Gasteiger charge is -2.31. The van der Waals surface area contributed by atoms with E-state index in [-0.39, 0.29) is 5.56 Å². The van der Waals surface area contributed by atoms with Gasteiger partial charge in [0.05, 0.1) is 0 Å². The molecule has 2 heterocycles. The summed E-state index contributed by atoms with van der Waals surface area (Å²) in [6.45, 7) is 7.52. The summed E-state index contributed by atoms with van der Waals surface area (Å²) in [5.41, 5.74) is 0.683. The van der Waals surface area contributed by atoms with Crippen LogP contribution >= 0.6 is 0 Å². The van der Waals surface area contributed by atoms with Crippen molar-refractivity contribution >= 4 is 5.95 Å². The summed E-state index contributed by atoms with van der Waals surface area (Å²) in [4.78, 5) is 20.6. The van der Waals surface area contributed by atoms with E-state index in [2.05, 4.69) is 21.4 Å².